The molecule has 2 rings (SSSR count). The predicted molar refractivity (Wildman–Crippen MR) is 103 cm³/mol. The third kappa shape index (κ3) is 6.56. The van der Waals surface area contributed by atoms with Crippen LogP contribution >= 0.6 is 0 Å². The first-order valence-electron chi connectivity index (χ1n) is 8.81. The largest absolute Gasteiger partial charge is 0.454 e. The summed E-state index contributed by atoms with van der Waals surface area (Å²) in [6.45, 7) is 2.60. The zero-order valence-corrected chi connectivity index (χ0v) is 15.9. The van der Waals surface area contributed by atoms with Crippen LogP contribution in [0.3, 0.4) is 0 Å². The second kappa shape index (κ2) is 10.2. The van der Waals surface area contributed by atoms with Crippen molar-refractivity contribution in [1.29, 1.82) is 0 Å². The molecule has 7 nitrogen and oxygen atoms in total. The molecule has 0 radical (unpaired) electrons. The van der Waals surface area contributed by atoms with Crippen molar-refractivity contribution in [1.82, 2.24) is 5.32 Å². The normalized spacial score (nSPS) is 11.5. The van der Waals surface area contributed by atoms with E-state index >= 15 is 0 Å². The van der Waals surface area contributed by atoms with Gasteiger partial charge in [-0.05, 0) is 30.2 Å². The summed E-state index contributed by atoms with van der Waals surface area (Å²) in [6, 6.07) is 10.1. The molecule has 9 heteroatoms. The lowest BCUT2D eigenvalue weighted by Crippen LogP contribution is -2.47. The maximum absolute atomic E-state index is 13.5. The number of benzene rings is 2. The van der Waals surface area contributed by atoms with E-state index in [0.717, 1.165) is 18.2 Å². The molecule has 2 aromatic rings. The van der Waals surface area contributed by atoms with Gasteiger partial charge in [-0.15, -0.1) is 0 Å². The zero-order valence-electron chi connectivity index (χ0n) is 15.9. The Balaban J connectivity index is 1.90. The minimum absolute atomic E-state index is 0.337. The number of halogens is 2. The average Bonchev–Trinajstić information content (AvgIpc) is 2.68. The number of esters is 1. The summed E-state index contributed by atoms with van der Waals surface area (Å²) in [4.78, 5) is 36.2. The average molecular weight is 405 g/mol. The van der Waals surface area contributed by atoms with Crippen molar-refractivity contribution in [3.8, 4) is 0 Å². The van der Waals surface area contributed by atoms with Crippen molar-refractivity contribution in [2.45, 2.75) is 19.9 Å². The van der Waals surface area contributed by atoms with Gasteiger partial charge in [-0.3, -0.25) is 4.79 Å². The lowest BCUT2D eigenvalue weighted by atomic mass is 10.1. The topological polar surface area (TPSA) is 96.5 Å². The smallest absolute Gasteiger partial charge is 0.329 e. The van der Waals surface area contributed by atoms with Crippen LogP contribution in [-0.4, -0.2) is 30.6 Å². The van der Waals surface area contributed by atoms with Crippen LogP contribution in [0.25, 0.3) is 0 Å². The number of para-hydroxylation sites is 2. The van der Waals surface area contributed by atoms with Gasteiger partial charge in [0.2, 0.25) is 0 Å². The SMILES string of the molecule is CC(C)[C@H](NC(=O)Nc1ccccc1)C(=O)OCC(=O)Nc1c(F)cccc1F. The minimum atomic E-state index is -1.03. The van der Waals surface area contributed by atoms with Gasteiger partial charge in [-0.25, -0.2) is 18.4 Å². The van der Waals surface area contributed by atoms with Crippen molar-refractivity contribution < 1.29 is 27.9 Å². The Morgan fingerprint density at radius 3 is 2.14 bits per heavy atom. The second-order valence-corrected chi connectivity index (χ2v) is 6.44. The minimum Gasteiger partial charge on any atom is -0.454 e. The Morgan fingerprint density at radius 1 is 0.931 bits per heavy atom. The number of carbonyl (C=O) groups is 3. The van der Waals surface area contributed by atoms with E-state index in [2.05, 4.69) is 10.6 Å². The summed E-state index contributed by atoms with van der Waals surface area (Å²) < 4.78 is 32.0. The lowest BCUT2D eigenvalue weighted by Gasteiger charge is -2.21. The van der Waals surface area contributed by atoms with E-state index in [1.54, 1.807) is 44.2 Å². The highest BCUT2D eigenvalue weighted by Gasteiger charge is 2.26. The molecular formula is C20H21F2N3O4. The molecule has 0 heterocycles. The van der Waals surface area contributed by atoms with E-state index < -0.39 is 47.9 Å². The number of hydrogen-bond acceptors (Lipinski definition) is 4. The van der Waals surface area contributed by atoms with Crippen LogP contribution in [0.4, 0.5) is 25.0 Å². The quantitative estimate of drug-likeness (QED) is 0.616. The Labute approximate surface area is 166 Å². The highest BCUT2D eigenvalue weighted by atomic mass is 19.1. The van der Waals surface area contributed by atoms with Gasteiger partial charge in [0, 0.05) is 5.69 Å². The molecule has 1 atom stereocenters. The zero-order chi connectivity index (χ0) is 21.4. The van der Waals surface area contributed by atoms with Gasteiger partial charge in [-0.2, -0.15) is 0 Å². The number of hydrogen-bond donors (Lipinski definition) is 3. The number of nitrogens with one attached hydrogen (secondary N) is 3. The molecule has 2 aromatic carbocycles. The summed E-state index contributed by atoms with van der Waals surface area (Å²) in [6.07, 6.45) is 0. The van der Waals surface area contributed by atoms with Gasteiger partial charge in [0.1, 0.15) is 23.4 Å². The monoisotopic (exact) mass is 405 g/mol. The van der Waals surface area contributed by atoms with Crippen LogP contribution in [0, 0.1) is 17.6 Å². The molecule has 0 aliphatic rings. The second-order valence-electron chi connectivity index (χ2n) is 6.44. The Morgan fingerprint density at radius 2 is 1.55 bits per heavy atom. The Hall–Kier alpha value is -3.49. The van der Waals surface area contributed by atoms with E-state index in [9.17, 15) is 23.2 Å². The predicted octanol–water partition coefficient (Wildman–Crippen LogP) is 3.29. The molecule has 0 bridgehead atoms. The number of ether oxygens (including phenoxy) is 1. The molecule has 3 amide bonds. The van der Waals surface area contributed by atoms with Gasteiger partial charge >= 0.3 is 12.0 Å². The van der Waals surface area contributed by atoms with Gasteiger partial charge < -0.3 is 20.7 Å². The molecule has 0 fully saturated rings. The molecule has 0 saturated heterocycles. The summed E-state index contributed by atoms with van der Waals surface area (Å²) in [5.41, 5.74) is -0.0958. The van der Waals surface area contributed by atoms with Crippen molar-refractivity contribution in [2.75, 3.05) is 17.2 Å². The molecule has 0 aliphatic carbocycles. The molecule has 0 aromatic heterocycles. The summed E-state index contributed by atoms with van der Waals surface area (Å²) >= 11 is 0. The first kappa shape index (κ1) is 21.8. The van der Waals surface area contributed by atoms with Crippen LogP contribution < -0.4 is 16.0 Å². The van der Waals surface area contributed by atoms with Crippen LogP contribution in [0.1, 0.15) is 13.8 Å². The van der Waals surface area contributed by atoms with E-state index in [0.29, 0.717) is 5.69 Å². The first-order valence-corrected chi connectivity index (χ1v) is 8.81. The van der Waals surface area contributed by atoms with E-state index in [-0.39, 0.29) is 5.92 Å². The summed E-state index contributed by atoms with van der Waals surface area (Å²) in [5, 5.41) is 7.06. The van der Waals surface area contributed by atoms with Crippen LogP contribution in [-0.2, 0) is 14.3 Å². The van der Waals surface area contributed by atoms with Crippen LogP contribution in [0.15, 0.2) is 48.5 Å². The molecule has 29 heavy (non-hydrogen) atoms. The third-order valence-corrected chi connectivity index (χ3v) is 3.81. The van der Waals surface area contributed by atoms with Gasteiger partial charge in [0.15, 0.2) is 6.61 Å². The first-order chi connectivity index (χ1) is 13.8. The molecule has 0 unspecified atom stereocenters. The summed E-state index contributed by atoms with van der Waals surface area (Å²) in [7, 11) is 0. The fourth-order valence-corrected chi connectivity index (χ4v) is 2.35. The molecule has 0 spiro atoms. The van der Waals surface area contributed by atoms with Crippen LogP contribution in [0.5, 0.6) is 0 Å². The number of anilines is 2. The van der Waals surface area contributed by atoms with Crippen molar-refractivity contribution in [3.05, 3.63) is 60.2 Å². The van der Waals surface area contributed by atoms with Gasteiger partial charge in [0.25, 0.3) is 5.91 Å². The number of amides is 3. The highest BCUT2D eigenvalue weighted by Crippen LogP contribution is 2.17. The Bertz CT molecular complexity index is 855. The maximum atomic E-state index is 13.5. The van der Waals surface area contributed by atoms with Gasteiger partial charge in [-0.1, -0.05) is 38.1 Å². The molecular weight excluding hydrogens is 384 g/mol. The van der Waals surface area contributed by atoms with Crippen LogP contribution in [0.2, 0.25) is 0 Å². The fourth-order valence-electron chi connectivity index (χ4n) is 2.35. The third-order valence-electron chi connectivity index (χ3n) is 3.81. The number of urea groups is 1. The molecule has 154 valence electrons. The van der Waals surface area contributed by atoms with E-state index in [1.165, 1.54) is 0 Å². The van der Waals surface area contributed by atoms with Gasteiger partial charge in [0.05, 0.1) is 0 Å². The molecule has 0 aliphatic heterocycles. The standard InChI is InChI=1S/C20H21F2N3O4/c1-12(2)17(25-20(28)23-13-7-4-3-5-8-13)19(27)29-11-16(26)24-18-14(21)9-6-10-15(18)22/h3-10,12,17H,11H2,1-2H3,(H,24,26)(H2,23,25,28)/t17-/m0/s1. The van der Waals surface area contributed by atoms with Crippen molar-refractivity contribution in [2.24, 2.45) is 5.92 Å². The van der Waals surface area contributed by atoms with E-state index in [1.807, 2.05) is 5.32 Å². The number of rotatable bonds is 7. The summed E-state index contributed by atoms with van der Waals surface area (Å²) in [5.74, 6) is -4.02. The molecule has 0 saturated carbocycles. The maximum Gasteiger partial charge on any atom is 0.329 e. The van der Waals surface area contributed by atoms with Crippen molar-refractivity contribution in [3.63, 3.8) is 0 Å². The molecule has 3 N–H and O–H groups in total. The highest BCUT2D eigenvalue weighted by molar-refractivity contribution is 5.95. The van der Waals surface area contributed by atoms with E-state index in [4.69, 9.17) is 4.74 Å². The fraction of sp³-hybridized carbons (Fsp3) is 0.250. The van der Waals surface area contributed by atoms with Crippen molar-refractivity contribution >= 4 is 29.3 Å². The number of carbonyl (C=O) groups excluding carboxylic acids is 3. The Kier molecular flexibility index (Phi) is 7.64. The lowest BCUT2D eigenvalue weighted by molar-refractivity contribution is -0.150.